The maximum absolute atomic E-state index is 9.44. The second-order valence-electron chi connectivity index (χ2n) is 0.983. The zero-order valence-corrected chi connectivity index (χ0v) is 5.57. The van der Waals surface area contributed by atoms with Crippen molar-refractivity contribution in [1.82, 2.24) is 0 Å². The van der Waals surface area contributed by atoms with Gasteiger partial charge in [0.25, 0.3) is 0 Å². The van der Waals surface area contributed by atoms with Crippen molar-refractivity contribution in [2.75, 3.05) is 0 Å². The summed E-state index contributed by atoms with van der Waals surface area (Å²) in [6.07, 6.45) is 0. The van der Waals surface area contributed by atoms with Crippen molar-refractivity contribution in [3.63, 3.8) is 0 Å². The van der Waals surface area contributed by atoms with Crippen LogP contribution in [0.15, 0.2) is 0 Å². The Morgan fingerprint density at radius 1 is 1.29 bits per heavy atom. The van der Waals surface area contributed by atoms with Crippen LogP contribution in [0.5, 0.6) is 0 Å². The van der Waals surface area contributed by atoms with Gasteiger partial charge in [-0.3, -0.25) is 0 Å². The van der Waals surface area contributed by atoms with Gasteiger partial charge in [0.15, 0.2) is 0 Å². The molecule has 0 aliphatic carbocycles. The third-order valence-electron chi connectivity index (χ3n) is 0. The first-order valence-electron chi connectivity index (χ1n) is 1.57. The molecular formula is C3H6O3V. The molecule has 0 aromatic rings. The molecule has 0 rings (SSSR count). The second kappa shape index (κ2) is 9.29. The van der Waals surface area contributed by atoms with Crippen LogP contribution in [0.1, 0.15) is 13.8 Å². The molecule has 0 saturated heterocycles. The van der Waals surface area contributed by atoms with Gasteiger partial charge in [0.05, 0.1) is 0 Å². The van der Waals surface area contributed by atoms with E-state index in [-0.39, 0.29) is 5.78 Å². The van der Waals surface area contributed by atoms with E-state index < -0.39 is 16.2 Å². The van der Waals surface area contributed by atoms with Gasteiger partial charge in [-0.1, -0.05) is 0 Å². The Labute approximate surface area is 48.6 Å². The number of hydrogen-bond donors (Lipinski definition) is 0. The Balaban J connectivity index is 0. The molecule has 0 unspecified atom stereocenters. The average molecular weight is 141 g/mol. The molecule has 0 atom stereocenters. The normalized spacial score (nSPS) is 4.86. The van der Waals surface area contributed by atoms with Gasteiger partial charge in [0.2, 0.25) is 0 Å². The molecule has 0 spiro atoms. The summed E-state index contributed by atoms with van der Waals surface area (Å²) in [7, 11) is 0. The van der Waals surface area contributed by atoms with Crippen molar-refractivity contribution in [1.29, 1.82) is 0 Å². The van der Waals surface area contributed by atoms with Gasteiger partial charge >= 0.3 is 23.5 Å². The van der Waals surface area contributed by atoms with Gasteiger partial charge < -0.3 is 4.79 Å². The van der Waals surface area contributed by atoms with E-state index in [1.54, 1.807) is 0 Å². The van der Waals surface area contributed by atoms with Crippen molar-refractivity contribution in [2.45, 2.75) is 13.8 Å². The topological polar surface area (TPSA) is 51.2 Å². The first-order chi connectivity index (χ1) is 3.15. The predicted molar refractivity (Wildman–Crippen MR) is 17.7 cm³/mol. The summed E-state index contributed by atoms with van der Waals surface area (Å²) in [4.78, 5) is 9.44. The van der Waals surface area contributed by atoms with Gasteiger partial charge in [-0.2, -0.15) is 0 Å². The molecule has 0 bridgehead atoms. The summed E-state index contributed by atoms with van der Waals surface area (Å²) in [6.45, 7) is 3.06. The summed E-state index contributed by atoms with van der Waals surface area (Å²) < 4.78 is 16.9. The molecule has 0 aliphatic heterocycles. The molecule has 0 radical (unpaired) electrons. The van der Waals surface area contributed by atoms with E-state index in [1.165, 1.54) is 13.8 Å². The molecule has 0 aromatic heterocycles. The SMILES string of the molecule is CC(C)=O.[O]=[V]=[O]. The first kappa shape index (κ1) is 9.97. The predicted octanol–water partition coefficient (Wildman–Crippen LogP) is 0.355. The minimum atomic E-state index is -1.81. The zero-order valence-electron chi connectivity index (χ0n) is 4.17. The third-order valence-corrected chi connectivity index (χ3v) is 0. The molecule has 0 amide bonds. The van der Waals surface area contributed by atoms with Gasteiger partial charge in [0.1, 0.15) is 5.78 Å². The molecule has 4 heteroatoms. The van der Waals surface area contributed by atoms with Gasteiger partial charge in [-0.25, -0.2) is 0 Å². The van der Waals surface area contributed by atoms with Gasteiger partial charge in [-0.05, 0) is 13.8 Å². The van der Waals surface area contributed by atoms with Crippen LogP contribution in [0.4, 0.5) is 0 Å². The van der Waals surface area contributed by atoms with Crippen molar-refractivity contribution >= 4 is 5.78 Å². The Hall–Kier alpha value is -0.146. The fourth-order valence-electron chi connectivity index (χ4n) is 0. The summed E-state index contributed by atoms with van der Waals surface area (Å²) in [5, 5.41) is 0. The molecule has 3 nitrogen and oxygen atoms in total. The maximum atomic E-state index is 9.44. The Kier molecular flexibility index (Phi) is 13.2. The van der Waals surface area contributed by atoms with Crippen LogP contribution in [0.3, 0.4) is 0 Å². The number of carbonyl (C=O) groups is 1. The van der Waals surface area contributed by atoms with Crippen LogP contribution in [-0.4, -0.2) is 5.78 Å². The monoisotopic (exact) mass is 141 g/mol. The quantitative estimate of drug-likeness (QED) is 0.489. The van der Waals surface area contributed by atoms with E-state index in [0.29, 0.717) is 0 Å². The number of carbonyl (C=O) groups excluding carboxylic acids is 1. The van der Waals surface area contributed by atoms with Gasteiger partial charge in [0, 0.05) is 0 Å². The van der Waals surface area contributed by atoms with E-state index in [9.17, 15) is 4.79 Å². The van der Waals surface area contributed by atoms with E-state index in [4.69, 9.17) is 7.35 Å². The third kappa shape index (κ3) is 4100. The van der Waals surface area contributed by atoms with E-state index in [2.05, 4.69) is 0 Å². The summed E-state index contributed by atoms with van der Waals surface area (Å²) in [6, 6.07) is 0. The van der Waals surface area contributed by atoms with Crippen LogP contribution in [0.25, 0.3) is 0 Å². The van der Waals surface area contributed by atoms with Crippen LogP contribution >= 0.6 is 0 Å². The molecule has 7 heavy (non-hydrogen) atoms. The minimum absolute atomic E-state index is 0.167. The number of hydrogen-bond acceptors (Lipinski definition) is 3. The number of ketones is 1. The number of rotatable bonds is 0. The molecule has 0 fully saturated rings. The molecule has 0 heterocycles. The van der Waals surface area contributed by atoms with E-state index >= 15 is 0 Å². The fourth-order valence-corrected chi connectivity index (χ4v) is 0. The molecule has 41 valence electrons. The van der Waals surface area contributed by atoms with Crippen molar-refractivity contribution in [3.8, 4) is 0 Å². The Morgan fingerprint density at radius 3 is 1.29 bits per heavy atom. The summed E-state index contributed by atoms with van der Waals surface area (Å²) >= 11 is -1.81. The second-order valence-corrected chi connectivity index (χ2v) is 1.22. The number of Topliss-reactive ketones (excluding diaryl/α,β-unsaturated/α-hetero) is 1. The molecule has 0 aromatic carbocycles. The van der Waals surface area contributed by atoms with Crippen LogP contribution in [-0.2, 0) is 28.3 Å². The summed E-state index contributed by atoms with van der Waals surface area (Å²) in [5.74, 6) is 0.167. The molecular weight excluding hydrogens is 135 g/mol. The van der Waals surface area contributed by atoms with Crippen LogP contribution in [0, 0.1) is 0 Å². The first-order valence-corrected chi connectivity index (χ1v) is 2.71. The van der Waals surface area contributed by atoms with Crippen molar-refractivity contribution in [2.24, 2.45) is 0 Å². The molecule has 0 saturated carbocycles. The van der Waals surface area contributed by atoms with Crippen LogP contribution < -0.4 is 0 Å². The molecule has 0 aliphatic rings. The fraction of sp³-hybridized carbons (Fsp3) is 0.667. The Morgan fingerprint density at radius 2 is 1.29 bits per heavy atom. The van der Waals surface area contributed by atoms with E-state index in [0.717, 1.165) is 0 Å². The average Bonchev–Trinajstić information content (AvgIpc) is 1.33. The summed E-state index contributed by atoms with van der Waals surface area (Å²) in [5.41, 5.74) is 0. The van der Waals surface area contributed by atoms with Crippen molar-refractivity contribution in [3.05, 3.63) is 0 Å². The zero-order chi connectivity index (χ0) is 6.28. The van der Waals surface area contributed by atoms with Crippen molar-refractivity contribution < 1.29 is 28.3 Å². The van der Waals surface area contributed by atoms with Crippen LogP contribution in [0.2, 0.25) is 0 Å². The Bertz CT molecular complexity index is 78.2. The van der Waals surface area contributed by atoms with Gasteiger partial charge in [-0.15, -0.1) is 0 Å². The molecule has 0 N–H and O–H groups in total. The standard InChI is InChI=1S/C3H6O.2O.V/c1-3(2)4;;;/h1-2H3;;;. The van der Waals surface area contributed by atoms with E-state index in [1.807, 2.05) is 0 Å².